The molecular weight excluding hydrogens is 210 g/mol. The monoisotopic (exact) mass is 227 g/mol. The van der Waals surface area contributed by atoms with Crippen LogP contribution in [-0.2, 0) is 5.54 Å². The molecule has 0 atom stereocenters. The van der Waals surface area contributed by atoms with Crippen molar-refractivity contribution in [2.75, 3.05) is 7.11 Å². The fourth-order valence-corrected chi connectivity index (χ4v) is 2.15. The number of hydrogen-bond acceptors (Lipinski definition) is 2. The fourth-order valence-electron chi connectivity index (χ4n) is 1.89. The second-order valence-corrected chi connectivity index (χ2v) is 4.84. The summed E-state index contributed by atoms with van der Waals surface area (Å²) in [5, 5.41) is 0.738. The van der Waals surface area contributed by atoms with Gasteiger partial charge in [0, 0.05) is 16.1 Å². The molecule has 15 heavy (non-hydrogen) atoms. The van der Waals surface area contributed by atoms with Gasteiger partial charge in [0.2, 0.25) is 0 Å². The molecule has 0 aliphatic heterocycles. The first-order valence-electron chi connectivity index (χ1n) is 4.92. The number of hydrogen-bond donors (Lipinski definition) is 1. The maximum Gasteiger partial charge on any atom is 0.127 e. The van der Waals surface area contributed by atoms with Crippen molar-refractivity contribution in [2.45, 2.75) is 33.2 Å². The zero-order valence-electron chi connectivity index (χ0n) is 9.94. The second-order valence-electron chi connectivity index (χ2n) is 4.43. The van der Waals surface area contributed by atoms with Crippen molar-refractivity contribution < 1.29 is 4.74 Å². The molecular formula is C12H18ClNO. The minimum atomic E-state index is -0.453. The molecule has 0 fully saturated rings. The van der Waals surface area contributed by atoms with E-state index < -0.39 is 5.54 Å². The van der Waals surface area contributed by atoms with Crippen LogP contribution in [0.1, 0.15) is 30.5 Å². The van der Waals surface area contributed by atoms with E-state index in [0.717, 1.165) is 27.5 Å². The normalized spacial score (nSPS) is 11.7. The third kappa shape index (κ3) is 2.27. The molecule has 1 aromatic carbocycles. The zero-order valence-corrected chi connectivity index (χ0v) is 10.7. The van der Waals surface area contributed by atoms with E-state index in [2.05, 4.69) is 0 Å². The van der Waals surface area contributed by atoms with E-state index in [0.29, 0.717) is 0 Å². The van der Waals surface area contributed by atoms with Crippen LogP contribution in [-0.4, -0.2) is 7.11 Å². The number of ether oxygens (including phenoxy) is 1. The smallest absolute Gasteiger partial charge is 0.127 e. The summed E-state index contributed by atoms with van der Waals surface area (Å²) in [6.45, 7) is 7.84. The minimum absolute atomic E-state index is 0.453. The highest BCUT2D eigenvalue weighted by Crippen LogP contribution is 2.37. The third-order valence-electron chi connectivity index (χ3n) is 2.51. The molecule has 0 unspecified atom stereocenters. The first-order valence-corrected chi connectivity index (χ1v) is 5.30. The van der Waals surface area contributed by atoms with Gasteiger partial charge in [0.15, 0.2) is 0 Å². The SMILES string of the molecule is COc1c(C)cc(Cl)c(C)c1C(C)(C)N. The van der Waals surface area contributed by atoms with Gasteiger partial charge < -0.3 is 10.5 Å². The molecule has 2 nitrogen and oxygen atoms in total. The standard InChI is InChI=1S/C12H18ClNO/c1-7-6-9(13)8(2)10(11(7)15-5)12(3,4)14/h6H,14H2,1-5H3. The van der Waals surface area contributed by atoms with E-state index in [4.69, 9.17) is 22.1 Å². The maximum absolute atomic E-state index is 6.14. The molecule has 0 radical (unpaired) electrons. The van der Waals surface area contributed by atoms with Gasteiger partial charge in [-0.2, -0.15) is 0 Å². The van der Waals surface area contributed by atoms with E-state index in [1.54, 1.807) is 7.11 Å². The van der Waals surface area contributed by atoms with Gasteiger partial charge in [0.1, 0.15) is 5.75 Å². The number of halogens is 1. The number of nitrogens with two attached hydrogens (primary N) is 1. The molecule has 0 heterocycles. The topological polar surface area (TPSA) is 35.2 Å². The van der Waals surface area contributed by atoms with Gasteiger partial charge in [-0.05, 0) is 44.9 Å². The molecule has 0 amide bonds. The Morgan fingerprint density at radius 2 is 1.87 bits per heavy atom. The van der Waals surface area contributed by atoms with Gasteiger partial charge >= 0.3 is 0 Å². The van der Waals surface area contributed by atoms with Crippen molar-refractivity contribution in [3.8, 4) is 5.75 Å². The average molecular weight is 228 g/mol. The largest absolute Gasteiger partial charge is 0.496 e. The quantitative estimate of drug-likeness (QED) is 0.843. The number of benzene rings is 1. The van der Waals surface area contributed by atoms with Gasteiger partial charge in [0.05, 0.1) is 7.11 Å². The summed E-state index contributed by atoms with van der Waals surface area (Å²) in [6.07, 6.45) is 0. The molecule has 0 bridgehead atoms. The minimum Gasteiger partial charge on any atom is -0.496 e. The lowest BCUT2D eigenvalue weighted by atomic mass is 9.89. The van der Waals surface area contributed by atoms with Crippen LogP contribution in [0.5, 0.6) is 5.75 Å². The summed E-state index contributed by atoms with van der Waals surface area (Å²) in [4.78, 5) is 0. The van der Waals surface area contributed by atoms with Gasteiger partial charge in [-0.25, -0.2) is 0 Å². The fraction of sp³-hybridized carbons (Fsp3) is 0.500. The average Bonchev–Trinajstić information content (AvgIpc) is 2.08. The van der Waals surface area contributed by atoms with E-state index in [-0.39, 0.29) is 0 Å². The summed E-state index contributed by atoms with van der Waals surface area (Å²) in [5.74, 6) is 0.837. The lowest BCUT2D eigenvalue weighted by Crippen LogP contribution is -2.30. The summed E-state index contributed by atoms with van der Waals surface area (Å²) in [5.41, 5.74) is 8.67. The van der Waals surface area contributed by atoms with E-state index in [1.807, 2.05) is 33.8 Å². The molecule has 2 N–H and O–H groups in total. The van der Waals surface area contributed by atoms with Crippen LogP contribution in [0.2, 0.25) is 5.02 Å². The van der Waals surface area contributed by atoms with Crippen molar-refractivity contribution in [3.05, 3.63) is 27.8 Å². The Hall–Kier alpha value is -0.730. The predicted molar refractivity (Wildman–Crippen MR) is 64.7 cm³/mol. The van der Waals surface area contributed by atoms with Crippen LogP contribution in [0.15, 0.2) is 6.07 Å². The molecule has 0 aromatic heterocycles. The highest BCUT2D eigenvalue weighted by molar-refractivity contribution is 6.31. The van der Waals surface area contributed by atoms with Gasteiger partial charge in [-0.1, -0.05) is 11.6 Å². The molecule has 0 aliphatic carbocycles. The molecule has 0 aliphatic rings. The summed E-state index contributed by atoms with van der Waals surface area (Å²) >= 11 is 6.14. The Kier molecular flexibility index (Phi) is 3.31. The van der Waals surface area contributed by atoms with Crippen LogP contribution in [0.25, 0.3) is 0 Å². The Morgan fingerprint density at radius 3 is 2.27 bits per heavy atom. The van der Waals surface area contributed by atoms with Crippen molar-refractivity contribution in [3.63, 3.8) is 0 Å². The molecule has 0 spiro atoms. The summed E-state index contributed by atoms with van der Waals surface area (Å²) in [7, 11) is 1.66. The summed E-state index contributed by atoms with van der Waals surface area (Å²) in [6, 6.07) is 1.91. The van der Waals surface area contributed by atoms with E-state index in [1.165, 1.54) is 0 Å². The van der Waals surface area contributed by atoms with Gasteiger partial charge in [-0.15, -0.1) is 0 Å². The Labute approximate surface area is 96.4 Å². The van der Waals surface area contributed by atoms with Crippen LogP contribution in [0, 0.1) is 13.8 Å². The number of rotatable bonds is 2. The van der Waals surface area contributed by atoms with Crippen LogP contribution < -0.4 is 10.5 Å². The first kappa shape index (κ1) is 12.3. The molecule has 1 aromatic rings. The van der Waals surface area contributed by atoms with Crippen molar-refractivity contribution in [2.24, 2.45) is 5.73 Å². The molecule has 0 saturated heterocycles. The molecule has 0 saturated carbocycles. The van der Waals surface area contributed by atoms with Gasteiger partial charge in [-0.3, -0.25) is 0 Å². The van der Waals surface area contributed by atoms with Crippen LogP contribution in [0.3, 0.4) is 0 Å². The maximum atomic E-state index is 6.14. The summed E-state index contributed by atoms with van der Waals surface area (Å²) < 4.78 is 5.40. The van der Waals surface area contributed by atoms with Crippen molar-refractivity contribution >= 4 is 11.6 Å². The highest BCUT2D eigenvalue weighted by Gasteiger charge is 2.24. The lowest BCUT2D eigenvalue weighted by molar-refractivity contribution is 0.390. The molecule has 3 heteroatoms. The Morgan fingerprint density at radius 1 is 1.33 bits per heavy atom. The number of aryl methyl sites for hydroxylation is 1. The third-order valence-corrected chi connectivity index (χ3v) is 2.90. The van der Waals surface area contributed by atoms with Gasteiger partial charge in [0.25, 0.3) is 0 Å². The van der Waals surface area contributed by atoms with Crippen LogP contribution >= 0.6 is 11.6 Å². The van der Waals surface area contributed by atoms with Crippen molar-refractivity contribution in [1.82, 2.24) is 0 Å². The Balaban J connectivity index is 3.59. The Bertz CT molecular complexity index is 380. The first-order chi connectivity index (χ1) is 6.79. The van der Waals surface area contributed by atoms with E-state index in [9.17, 15) is 0 Å². The number of methoxy groups -OCH3 is 1. The molecule has 1 rings (SSSR count). The second kappa shape index (κ2) is 4.03. The molecule has 84 valence electrons. The predicted octanol–water partition coefficient (Wildman–Crippen LogP) is 3.16. The zero-order chi connectivity index (χ0) is 11.8. The lowest BCUT2D eigenvalue weighted by Gasteiger charge is -2.26. The van der Waals surface area contributed by atoms with E-state index >= 15 is 0 Å². The van der Waals surface area contributed by atoms with Crippen molar-refractivity contribution in [1.29, 1.82) is 0 Å². The van der Waals surface area contributed by atoms with Crippen LogP contribution in [0.4, 0.5) is 0 Å². The highest BCUT2D eigenvalue weighted by atomic mass is 35.5.